The lowest BCUT2D eigenvalue weighted by Gasteiger charge is -2.20. The van der Waals surface area contributed by atoms with Gasteiger partial charge in [-0.2, -0.15) is 4.31 Å². The maximum atomic E-state index is 13.0. The van der Waals surface area contributed by atoms with Crippen molar-refractivity contribution in [3.05, 3.63) is 53.8 Å². The van der Waals surface area contributed by atoms with E-state index in [1.54, 1.807) is 25.1 Å². The van der Waals surface area contributed by atoms with E-state index in [4.69, 9.17) is 9.47 Å². The summed E-state index contributed by atoms with van der Waals surface area (Å²) >= 11 is 0. The molecule has 3 rings (SSSR count). The second kappa shape index (κ2) is 6.17. The van der Waals surface area contributed by atoms with Gasteiger partial charge in [0.05, 0.1) is 4.90 Å². The van der Waals surface area contributed by atoms with Crippen LogP contribution in [0.1, 0.15) is 12.5 Å². The van der Waals surface area contributed by atoms with Crippen molar-refractivity contribution in [2.75, 3.05) is 13.3 Å². The van der Waals surface area contributed by atoms with E-state index in [2.05, 4.69) is 0 Å². The Bertz CT molecular complexity index is 805. The Morgan fingerprint density at radius 2 is 1.78 bits per heavy atom. The summed E-state index contributed by atoms with van der Waals surface area (Å²) in [6.07, 6.45) is 0. The smallest absolute Gasteiger partial charge is 0.243 e. The third-order valence-electron chi connectivity index (χ3n) is 3.60. The van der Waals surface area contributed by atoms with Gasteiger partial charge < -0.3 is 9.47 Å². The monoisotopic (exact) mass is 337 g/mol. The summed E-state index contributed by atoms with van der Waals surface area (Å²) in [5.74, 6) is 0.790. The van der Waals surface area contributed by atoms with Crippen LogP contribution in [0.3, 0.4) is 0 Å². The zero-order valence-electron chi connectivity index (χ0n) is 12.5. The average Bonchev–Trinajstić information content (AvgIpc) is 3.00. The Labute approximate surface area is 134 Å². The van der Waals surface area contributed by atoms with Gasteiger partial charge in [0, 0.05) is 13.1 Å². The molecule has 2 aromatic carbocycles. The molecule has 0 atom stereocenters. The average molecular weight is 337 g/mol. The molecule has 5 nitrogen and oxygen atoms in total. The fourth-order valence-corrected chi connectivity index (χ4v) is 3.80. The molecule has 0 spiro atoms. The molecular formula is C16H16FNO4S. The summed E-state index contributed by atoms with van der Waals surface area (Å²) in [6.45, 7) is 2.43. The molecule has 0 saturated carbocycles. The van der Waals surface area contributed by atoms with Gasteiger partial charge in [-0.15, -0.1) is 0 Å². The van der Waals surface area contributed by atoms with Gasteiger partial charge in [0.25, 0.3) is 0 Å². The molecule has 1 aliphatic rings. The van der Waals surface area contributed by atoms with Crippen molar-refractivity contribution < 1.29 is 22.3 Å². The molecule has 0 radical (unpaired) electrons. The van der Waals surface area contributed by atoms with Crippen molar-refractivity contribution in [1.82, 2.24) is 4.31 Å². The predicted molar refractivity (Wildman–Crippen MR) is 82.2 cm³/mol. The number of rotatable bonds is 5. The van der Waals surface area contributed by atoms with Crippen molar-refractivity contribution in [1.29, 1.82) is 0 Å². The van der Waals surface area contributed by atoms with Gasteiger partial charge in [-0.05, 0) is 42.0 Å². The van der Waals surface area contributed by atoms with Crippen LogP contribution in [0.15, 0.2) is 47.4 Å². The molecule has 0 amide bonds. The van der Waals surface area contributed by atoms with Crippen LogP contribution in [0, 0.1) is 5.82 Å². The van der Waals surface area contributed by atoms with Gasteiger partial charge >= 0.3 is 0 Å². The van der Waals surface area contributed by atoms with Crippen LogP contribution in [0.5, 0.6) is 11.5 Å². The number of benzene rings is 2. The molecule has 7 heteroatoms. The Balaban J connectivity index is 1.86. The van der Waals surface area contributed by atoms with Crippen molar-refractivity contribution in [2.24, 2.45) is 0 Å². The lowest BCUT2D eigenvalue weighted by molar-refractivity contribution is 0.174. The number of hydrogen-bond acceptors (Lipinski definition) is 4. The van der Waals surface area contributed by atoms with Crippen molar-refractivity contribution in [3.8, 4) is 11.5 Å². The normalized spacial score (nSPS) is 13.5. The summed E-state index contributed by atoms with van der Waals surface area (Å²) in [5, 5.41) is 0. The quantitative estimate of drug-likeness (QED) is 0.842. The summed E-state index contributed by atoms with van der Waals surface area (Å²) in [7, 11) is -3.69. The number of hydrogen-bond donors (Lipinski definition) is 0. The number of halogens is 1. The van der Waals surface area contributed by atoms with Gasteiger partial charge in [0.2, 0.25) is 16.8 Å². The minimum atomic E-state index is -3.69. The molecular weight excluding hydrogens is 321 g/mol. The summed E-state index contributed by atoms with van der Waals surface area (Å²) < 4.78 is 50.2. The second-order valence-electron chi connectivity index (χ2n) is 5.07. The summed E-state index contributed by atoms with van der Waals surface area (Å²) in [4.78, 5) is 0.0708. The summed E-state index contributed by atoms with van der Waals surface area (Å²) in [6, 6.07) is 10.2. The van der Waals surface area contributed by atoms with Crippen molar-refractivity contribution >= 4 is 10.0 Å². The highest BCUT2D eigenvalue weighted by molar-refractivity contribution is 7.89. The zero-order valence-corrected chi connectivity index (χ0v) is 13.3. The molecule has 2 aromatic rings. The number of sulfonamides is 1. The number of fused-ring (bicyclic) bond motifs is 1. The Morgan fingerprint density at radius 3 is 2.48 bits per heavy atom. The first kappa shape index (κ1) is 15.8. The van der Waals surface area contributed by atoms with Crippen LogP contribution < -0.4 is 9.47 Å². The highest BCUT2D eigenvalue weighted by Gasteiger charge is 2.24. The molecule has 0 bridgehead atoms. The van der Waals surface area contributed by atoms with E-state index in [0.717, 1.165) is 17.7 Å². The zero-order chi connectivity index (χ0) is 16.4. The Hall–Kier alpha value is -2.12. The van der Waals surface area contributed by atoms with Crippen molar-refractivity contribution in [3.63, 3.8) is 0 Å². The van der Waals surface area contributed by atoms with E-state index in [-0.39, 0.29) is 18.2 Å². The Kier molecular flexibility index (Phi) is 4.23. The third kappa shape index (κ3) is 3.16. The van der Waals surface area contributed by atoms with E-state index >= 15 is 0 Å². The standard InChI is InChI=1S/C16H16FNO4S/c1-2-18(23(19,20)14-6-4-13(17)5-7-14)10-12-3-8-15-16(9-12)22-11-21-15/h3-9H,2,10-11H2,1H3. The van der Waals surface area contributed by atoms with Gasteiger partial charge in [-0.3, -0.25) is 0 Å². The van der Waals surface area contributed by atoms with E-state index in [1.165, 1.54) is 16.4 Å². The number of ether oxygens (including phenoxy) is 2. The molecule has 0 fully saturated rings. The minimum absolute atomic E-state index is 0.0708. The van der Waals surface area contributed by atoms with Gasteiger partial charge in [0.1, 0.15) is 5.82 Å². The number of nitrogens with zero attached hydrogens (tertiary/aromatic N) is 1. The van der Waals surface area contributed by atoms with Crippen LogP contribution in [0.4, 0.5) is 4.39 Å². The van der Waals surface area contributed by atoms with Crippen LogP contribution >= 0.6 is 0 Å². The maximum Gasteiger partial charge on any atom is 0.243 e. The van der Waals surface area contributed by atoms with Crippen LogP contribution in [-0.4, -0.2) is 26.1 Å². The molecule has 0 saturated heterocycles. The molecule has 23 heavy (non-hydrogen) atoms. The van der Waals surface area contributed by atoms with Crippen molar-refractivity contribution in [2.45, 2.75) is 18.4 Å². The van der Waals surface area contributed by atoms with E-state index < -0.39 is 15.8 Å². The molecule has 0 aliphatic carbocycles. The Morgan fingerprint density at radius 1 is 1.09 bits per heavy atom. The predicted octanol–water partition coefficient (Wildman–Crippen LogP) is 2.77. The maximum absolute atomic E-state index is 13.0. The van der Waals surface area contributed by atoms with Crippen LogP contribution in [0.2, 0.25) is 0 Å². The van der Waals surface area contributed by atoms with E-state index in [0.29, 0.717) is 18.0 Å². The lowest BCUT2D eigenvalue weighted by atomic mass is 10.2. The van der Waals surface area contributed by atoms with E-state index in [1.807, 2.05) is 0 Å². The third-order valence-corrected chi connectivity index (χ3v) is 5.54. The largest absolute Gasteiger partial charge is 0.454 e. The molecule has 0 N–H and O–H groups in total. The van der Waals surface area contributed by atoms with E-state index in [9.17, 15) is 12.8 Å². The SMILES string of the molecule is CCN(Cc1ccc2c(c1)OCO2)S(=O)(=O)c1ccc(F)cc1. The molecule has 0 unspecified atom stereocenters. The highest BCUT2D eigenvalue weighted by Crippen LogP contribution is 2.33. The first-order chi connectivity index (χ1) is 11.0. The fraction of sp³-hybridized carbons (Fsp3) is 0.250. The van der Waals surface area contributed by atoms with Gasteiger partial charge in [0.15, 0.2) is 11.5 Å². The molecule has 0 aromatic heterocycles. The van der Waals surface area contributed by atoms with Gasteiger partial charge in [-0.25, -0.2) is 12.8 Å². The highest BCUT2D eigenvalue weighted by atomic mass is 32.2. The van der Waals surface area contributed by atoms with Crippen LogP contribution in [0.25, 0.3) is 0 Å². The molecule has 122 valence electrons. The topological polar surface area (TPSA) is 55.8 Å². The minimum Gasteiger partial charge on any atom is -0.454 e. The van der Waals surface area contributed by atoms with Crippen LogP contribution in [-0.2, 0) is 16.6 Å². The first-order valence-corrected chi connectivity index (χ1v) is 8.59. The lowest BCUT2D eigenvalue weighted by Crippen LogP contribution is -2.30. The first-order valence-electron chi connectivity index (χ1n) is 7.15. The molecule has 1 aliphatic heterocycles. The fourth-order valence-electron chi connectivity index (χ4n) is 2.37. The summed E-state index contributed by atoms with van der Waals surface area (Å²) in [5.41, 5.74) is 0.793. The van der Waals surface area contributed by atoms with Gasteiger partial charge in [-0.1, -0.05) is 13.0 Å². The second-order valence-corrected chi connectivity index (χ2v) is 7.01. The molecule has 1 heterocycles.